The normalized spacial score (nSPS) is 13.9. The Bertz CT molecular complexity index is 1850. The molecule has 0 aromatic heterocycles. The van der Waals surface area contributed by atoms with Gasteiger partial charge in [-0.3, -0.25) is 14.9 Å². The van der Waals surface area contributed by atoms with Gasteiger partial charge in [-0.15, -0.1) is 0 Å². The molecule has 0 spiro atoms. The van der Waals surface area contributed by atoms with Gasteiger partial charge in [0.25, 0.3) is 11.8 Å². The zero-order chi connectivity index (χ0) is 33.5. The van der Waals surface area contributed by atoms with Crippen molar-refractivity contribution in [1.29, 1.82) is 0 Å². The number of carbonyl (C=O) groups is 3. The number of urea groups is 1. The highest BCUT2D eigenvalue weighted by Gasteiger charge is 2.37. The van der Waals surface area contributed by atoms with E-state index in [0.29, 0.717) is 52.9 Å². The Morgan fingerprint density at radius 3 is 2.19 bits per heavy atom. The average Bonchev–Trinajstić information content (AvgIpc) is 3.04. The number of nitrogens with zero attached hydrogens (tertiary/aromatic N) is 1. The average molecular weight is 740 g/mol. The zero-order valence-electron chi connectivity index (χ0n) is 25.4. The molecule has 1 N–H and O–H groups in total. The molecule has 1 saturated heterocycles. The van der Waals surface area contributed by atoms with Crippen LogP contribution in [0.4, 0.5) is 10.5 Å². The molecule has 1 fully saturated rings. The molecule has 0 atom stereocenters. The molecule has 9 nitrogen and oxygen atoms in total. The van der Waals surface area contributed by atoms with Crippen molar-refractivity contribution in [3.05, 3.63) is 116 Å². The number of hydrogen-bond acceptors (Lipinski definition) is 7. The number of carbonyl (C=O) groups excluding carboxylic acids is 3. The van der Waals surface area contributed by atoms with Gasteiger partial charge in [-0.1, -0.05) is 59.6 Å². The Kier molecular flexibility index (Phi) is 11.1. The van der Waals surface area contributed by atoms with Crippen LogP contribution < -0.4 is 29.2 Å². The van der Waals surface area contributed by atoms with Crippen molar-refractivity contribution in [3.63, 3.8) is 0 Å². The molecule has 0 radical (unpaired) electrons. The number of hydrogen-bond donors (Lipinski definition) is 1. The first-order valence-corrected chi connectivity index (χ1v) is 16.1. The van der Waals surface area contributed by atoms with Crippen molar-refractivity contribution < 1.29 is 33.3 Å². The van der Waals surface area contributed by atoms with Crippen LogP contribution in [0, 0.1) is 0 Å². The lowest BCUT2D eigenvalue weighted by atomic mass is 10.1. The van der Waals surface area contributed by atoms with E-state index >= 15 is 0 Å². The lowest BCUT2D eigenvalue weighted by Gasteiger charge is -2.26. The molecule has 5 rings (SSSR count). The summed E-state index contributed by atoms with van der Waals surface area (Å²) in [6, 6.07) is 22.2. The molecule has 12 heteroatoms. The topological polar surface area (TPSA) is 103 Å². The van der Waals surface area contributed by atoms with Crippen LogP contribution in [0.25, 0.3) is 6.08 Å². The van der Waals surface area contributed by atoms with Gasteiger partial charge in [-0.25, -0.2) is 9.69 Å². The van der Waals surface area contributed by atoms with Gasteiger partial charge in [0.1, 0.15) is 18.8 Å². The quantitative estimate of drug-likeness (QED) is 0.115. The van der Waals surface area contributed by atoms with Gasteiger partial charge in [0.05, 0.1) is 33.4 Å². The SMILES string of the molecule is CCOc1cc(COc2c(Br)cc(/C=C3/C(=O)NC(=O)N(c4ccc(Cl)c(Cl)c4)C3=O)cc2OCC)ccc1OCc1ccccc1. The molecule has 1 heterocycles. The molecule has 1 aliphatic rings. The van der Waals surface area contributed by atoms with Crippen LogP contribution in [0.1, 0.15) is 30.5 Å². The number of barbiturate groups is 1. The Morgan fingerprint density at radius 1 is 0.745 bits per heavy atom. The maximum atomic E-state index is 13.4. The molecule has 1 aliphatic heterocycles. The maximum Gasteiger partial charge on any atom is 0.335 e. The lowest BCUT2D eigenvalue weighted by molar-refractivity contribution is -0.122. The van der Waals surface area contributed by atoms with E-state index in [4.69, 9.17) is 42.1 Å². The summed E-state index contributed by atoms with van der Waals surface area (Å²) in [7, 11) is 0. The number of ether oxygens (including phenoxy) is 4. The number of rotatable bonds is 12. The largest absolute Gasteiger partial charge is 0.490 e. The molecule has 0 bridgehead atoms. The van der Waals surface area contributed by atoms with Crippen molar-refractivity contribution in [2.45, 2.75) is 27.1 Å². The molecule has 0 saturated carbocycles. The second kappa shape index (κ2) is 15.4. The van der Waals surface area contributed by atoms with E-state index in [1.807, 2.05) is 62.4 Å². The van der Waals surface area contributed by atoms with Gasteiger partial charge in [-0.2, -0.15) is 0 Å². The lowest BCUT2D eigenvalue weighted by Crippen LogP contribution is -2.54. The summed E-state index contributed by atoms with van der Waals surface area (Å²) in [5, 5.41) is 2.60. The van der Waals surface area contributed by atoms with Crippen LogP contribution in [-0.2, 0) is 22.8 Å². The van der Waals surface area contributed by atoms with Gasteiger partial charge in [-0.05, 0) is 95.0 Å². The third-order valence-electron chi connectivity index (χ3n) is 6.83. The van der Waals surface area contributed by atoms with E-state index in [1.165, 1.54) is 24.3 Å². The second-order valence-electron chi connectivity index (χ2n) is 10.1. The number of anilines is 1. The molecular weight excluding hydrogens is 711 g/mol. The fourth-order valence-corrected chi connectivity index (χ4v) is 5.54. The highest BCUT2D eigenvalue weighted by Crippen LogP contribution is 2.39. The van der Waals surface area contributed by atoms with Gasteiger partial charge >= 0.3 is 6.03 Å². The fraction of sp³-hybridized carbons (Fsp3) is 0.171. The van der Waals surface area contributed by atoms with E-state index in [1.54, 1.807) is 12.1 Å². The van der Waals surface area contributed by atoms with Crippen LogP contribution in [0.15, 0.2) is 88.9 Å². The van der Waals surface area contributed by atoms with Crippen molar-refractivity contribution in [2.24, 2.45) is 0 Å². The highest BCUT2D eigenvalue weighted by atomic mass is 79.9. The van der Waals surface area contributed by atoms with E-state index in [-0.39, 0.29) is 27.9 Å². The first-order valence-electron chi connectivity index (χ1n) is 14.6. The van der Waals surface area contributed by atoms with Gasteiger partial charge in [0.15, 0.2) is 23.0 Å². The van der Waals surface area contributed by atoms with Crippen LogP contribution in [-0.4, -0.2) is 31.1 Å². The Morgan fingerprint density at radius 2 is 1.47 bits per heavy atom. The van der Waals surface area contributed by atoms with Crippen LogP contribution in [0.5, 0.6) is 23.0 Å². The summed E-state index contributed by atoms with van der Waals surface area (Å²) < 4.78 is 24.4. The second-order valence-corrected chi connectivity index (χ2v) is 11.8. The predicted octanol–water partition coefficient (Wildman–Crippen LogP) is 8.38. The monoisotopic (exact) mass is 738 g/mol. The smallest absolute Gasteiger partial charge is 0.335 e. The summed E-state index contributed by atoms with van der Waals surface area (Å²) in [4.78, 5) is 39.6. The summed E-state index contributed by atoms with van der Waals surface area (Å²) >= 11 is 15.6. The van der Waals surface area contributed by atoms with Crippen molar-refractivity contribution in [1.82, 2.24) is 5.32 Å². The summed E-state index contributed by atoms with van der Waals surface area (Å²) in [5.41, 5.74) is 2.21. The van der Waals surface area contributed by atoms with Gasteiger partial charge < -0.3 is 18.9 Å². The van der Waals surface area contributed by atoms with Crippen LogP contribution >= 0.6 is 39.1 Å². The Labute approximate surface area is 290 Å². The minimum Gasteiger partial charge on any atom is -0.490 e. The minimum atomic E-state index is -0.904. The minimum absolute atomic E-state index is 0.148. The fourth-order valence-electron chi connectivity index (χ4n) is 4.68. The molecule has 0 aliphatic carbocycles. The van der Waals surface area contributed by atoms with E-state index < -0.39 is 17.8 Å². The molecule has 4 aromatic rings. The third kappa shape index (κ3) is 8.08. The van der Waals surface area contributed by atoms with Crippen molar-refractivity contribution in [2.75, 3.05) is 18.1 Å². The highest BCUT2D eigenvalue weighted by molar-refractivity contribution is 9.10. The third-order valence-corrected chi connectivity index (χ3v) is 8.16. The van der Waals surface area contributed by atoms with E-state index in [9.17, 15) is 14.4 Å². The van der Waals surface area contributed by atoms with Crippen molar-refractivity contribution in [3.8, 4) is 23.0 Å². The number of halogens is 3. The number of imide groups is 2. The van der Waals surface area contributed by atoms with Gasteiger partial charge in [0.2, 0.25) is 0 Å². The Balaban J connectivity index is 1.37. The van der Waals surface area contributed by atoms with Crippen LogP contribution in [0.3, 0.4) is 0 Å². The van der Waals surface area contributed by atoms with Crippen LogP contribution in [0.2, 0.25) is 10.0 Å². The van der Waals surface area contributed by atoms with E-state index in [2.05, 4.69) is 21.2 Å². The maximum absolute atomic E-state index is 13.4. The number of benzene rings is 4. The summed E-state index contributed by atoms with van der Waals surface area (Å²) in [6.07, 6.45) is 1.37. The Hall–Kier alpha value is -4.51. The molecule has 47 heavy (non-hydrogen) atoms. The zero-order valence-corrected chi connectivity index (χ0v) is 28.4. The first kappa shape index (κ1) is 33.8. The molecule has 0 unspecified atom stereocenters. The standard InChI is InChI=1S/C35H29BrCl2N2O7/c1-3-44-30-16-22(10-13-29(30)46-19-21-8-6-5-7-9-21)20-47-32-26(36)15-23(17-31(32)45-4-2)14-25-33(41)39-35(43)40(34(25)42)24-11-12-27(37)28(38)18-24/h5-18H,3-4,19-20H2,1-2H3,(H,39,41,43)/b25-14-. The molecule has 4 aromatic carbocycles. The molecule has 4 amide bonds. The summed E-state index contributed by atoms with van der Waals surface area (Å²) in [5.74, 6) is 0.346. The van der Waals surface area contributed by atoms with Crippen molar-refractivity contribution >= 4 is 68.7 Å². The number of amides is 4. The number of nitrogens with one attached hydrogen (secondary N) is 1. The first-order chi connectivity index (χ1) is 22.7. The van der Waals surface area contributed by atoms with E-state index in [0.717, 1.165) is 16.0 Å². The molecular formula is C35H29BrCl2N2O7. The predicted molar refractivity (Wildman–Crippen MR) is 183 cm³/mol. The van der Waals surface area contributed by atoms with Gasteiger partial charge in [0, 0.05) is 0 Å². The summed E-state index contributed by atoms with van der Waals surface area (Å²) in [6.45, 7) is 5.09. The molecule has 242 valence electrons.